The summed E-state index contributed by atoms with van der Waals surface area (Å²) < 4.78 is 13.5. The fourth-order valence-electron chi connectivity index (χ4n) is 1.65. The second-order valence-electron chi connectivity index (χ2n) is 4.75. The molecule has 1 amide bonds. The highest BCUT2D eigenvalue weighted by molar-refractivity contribution is 14.0. The molecule has 0 aliphatic heterocycles. The van der Waals surface area contributed by atoms with Gasteiger partial charge < -0.3 is 15.5 Å². The standard InChI is InChI=1S/C15H23FN4O.HI/c1-4-17-15(19-11-14(21)20(2)3)18-10-9-12-7-5-6-8-13(12)16;/h5-8H,4,9-11H2,1-3H3,(H2,17,18,19);1H. The van der Waals surface area contributed by atoms with Crippen LogP contribution >= 0.6 is 24.0 Å². The Kier molecular flexibility index (Phi) is 10.5. The number of benzene rings is 1. The lowest BCUT2D eigenvalue weighted by Gasteiger charge is -2.12. The van der Waals surface area contributed by atoms with Gasteiger partial charge in [0.05, 0.1) is 0 Å². The second-order valence-corrected chi connectivity index (χ2v) is 4.75. The largest absolute Gasteiger partial charge is 0.357 e. The molecular weight excluding hydrogens is 398 g/mol. The molecule has 1 aromatic rings. The predicted molar refractivity (Wildman–Crippen MR) is 98.2 cm³/mol. The van der Waals surface area contributed by atoms with Crippen LogP contribution in [-0.4, -0.2) is 50.5 Å². The number of hydrogen-bond acceptors (Lipinski definition) is 2. The molecule has 1 rings (SSSR count). The first-order chi connectivity index (χ1) is 10.0. The quantitative estimate of drug-likeness (QED) is 0.417. The number of carbonyl (C=O) groups excluding carboxylic acids is 1. The number of rotatable bonds is 6. The van der Waals surface area contributed by atoms with Crippen LogP contribution in [0.15, 0.2) is 29.3 Å². The Morgan fingerprint density at radius 1 is 1.27 bits per heavy atom. The highest BCUT2D eigenvalue weighted by Gasteiger charge is 2.04. The van der Waals surface area contributed by atoms with Crippen molar-refractivity contribution in [1.29, 1.82) is 0 Å². The van der Waals surface area contributed by atoms with Gasteiger partial charge in [0.15, 0.2) is 5.96 Å². The third-order valence-corrected chi connectivity index (χ3v) is 2.86. The maximum atomic E-state index is 13.5. The SMILES string of the molecule is CCNC(=NCC(=O)N(C)C)NCCc1ccccc1F.I. The maximum Gasteiger partial charge on any atom is 0.243 e. The summed E-state index contributed by atoms with van der Waals surface area (Å²) in [6, 6.07) is 6.69. The summed E-state index contributed by atoms with van der Waals surface area (Å²) in [6.45, 7) is 3.27. The van der Waals surface area contributed by atoms with E-state index in [9.17, 15) is 9.18 Å². The van der Waals surface area contributed by atoms with Crippen LogP contribution in [-0.2, 0) is 11.2 Å². The lowest BCUT2D eigenvalue weighted by molar-refractivity contribution is -0.127. The molecule has 0 saturated carbocycles. The normalized spacial score (nSPS) is 10.6. The van der Waals surface area contributed by atoms with E-state index in [1.165, 1.54) is 11.0 Å². The average molecular weight is 422 g/mol. The topological polar surface area (TPSA) is 56.7 Å². The van der Waals surface area contributed by atoms with E-state index in [2.05, 4.69) is 15.6 Å². The Hall–Kier alpha value is -1.38. The van der Waals surface area contributed by atoms with Gasteiger partial charge in [-0.25, -0.2) is 9.38 Å². The van der Waals surface area contributed by atoms with Crippen molar-refractivity contribution in [3.05, 3.63) is 35.6 Å². The summed E-state index contributed by atoms with van der Waals surface area (Å²) in [5.74, 6) is 0.286. The minimum Gasteiger partial charge on any atom is -0.357 e. The molecule has 22 heavy (non-hydrogen) atoms. The smallest absolute Gasteiger partial charge is 0.243 e. The Morgan fingerprint density at radius 2 is 1.95 bits per heavy atom. The lowest BCUT2D eigenvalue weighted by Crippen LogP contribution is -2.39. The molecule has 0 radical (unpaired) electrons. The molecule has 0 aliphatic rings. The minimum atomic E-state index is -0.205. The molecule has 5 nitrogen and oxygen atoms in total. The molecule has 1 aromatic carbocycles. The molecule has 124 valence electrons. The summed E-state index contributed by atoms with van der Waals surface area (Å²) in [5.41, 5.74) is 0.658. The lowest BCUT2D eigenvalue weighted by atomic mass is 10.1. The number of hydrogen-bond donors (Lipinski definition) is 2. The first-order valence-corrected chi connectivity index (χ1v) is 7.00. The minimum absolute atomic E-state index is 0. The van der Waals surface area contributed by atoms with E-state index in [1.807, 2.05) is 13.0 Å². The van der Waals surface area contributed by atoms with E-state index in [4.69, 9.17) is 0 Å². The maximum absolute atomic E-state index is 13.5. The Labute approximate surface area is 148 Å². The molecule has 0 bridgehead atoms. The fraction of sp³-hybridized carbons (Fsp3) is 0.467. The first-order valence-electron chi connectivity index (χ1n) is 7.00. The Balaban J connectivity index is 0.00000441. The highest BCUT2D eigenvalue weighted by atomic mass is 127. The van der Waals surface area contributed by atoms with Gasteiger partial charge in [-0.1, -0.05) is 18.2 Å². The number of carbonyl (C=O) groups is 1. The number of guanidine groups is 1. The molecule has 0 aromatic heterocycles. The summed E-state index contributed by atoms with van der Waals surface area (Å²) in [7, 11) is 3.38. The molecule has 2 N–H and O–H groups in total. The third-order valence-electron chi connectivity index (χ3n) is 2.86. The first kappa shape index (κ1) is 20.6. The zero-order valence-corrected chi connectivity index (χ0v) is 15.6. The zero-order valence-electron chi connectivity index (χ0n) is 13.2. The van der Waals surface area contributed by atoms with Gasteiger partial charge in [0.25, 0.3) is 0 Å². The van der Waals surface area contributed by atoms with Crippen molar-refractivity contribution in [3.8, 4) is 0 Å². The van der Waals surface area contributed by atoms with E-state index < -0.39 is 0 Å². The molecule has 0 unspecified atom stereocenters. The Morgan fingerprint density at radius 3 is 2.55 bits per heavy atom. The molecule has 7 heteroatoms. The van der Waals surface area contributed by atoms with Gasteiger partial charge in [-0.3, -0.25) is 4.79 Å². The van der Waals surface area contributed by atoms with E-state index in [0.717, 1.165) is 0 Å². The van der Waals surface area contributed by atoms with Crippen molar-refractivity contribution >= 4 is 35.8 Å². The van der Waals surface area contributed by atoms with Gasteiger partial charge in [0.1, 0.15) is 12.4 Å². The molecule has 0 aliphatic carbocycles. The van der Waals surface area contributed by atoms with Crippen LogP contribution in [0.25, 0.3) is 0 Å². The monoisotopic (exact) mass is 422 g/mol. The predicted octanol–water partition coefficient (Wildman–Crippen LogP) is 1.63. The summed E-state index contributed by atoms with van der Waals surface area (Å²) in [5, 5.41) is 6.14. The molecule has 0 heterocycles. The van der Waals surface area contributed by atoms with Gasteiger partial charge in [0, 0.05) is 27.2 Å². The van der Waals surface area contributed by atoms with E-state index in [1.54, 1.807) is 26.2 Å². The van der Waals surface area contributed by atoms with E-state index in [0.29, 0.717) is 31.0 Å². The van der Waals surface area contributed by atoms with Crippen molar-refractivity contribution < 1.29 is 9.18 Å². The number of halogens is 2. The summed E-state index contributed by atoms with van der Waals surface area (Å²) in [6.07, 6.45) is 0.554. The number of nitrogens with one attached hydrogen (secondary N) is 2. The van der Waals surface area contributed by atoms with Gasteiger partial charge in [-0.15, -0.1) is 24.0 Å². The van der Waals surface area contributed by atoms with Crippen LogP contribution in [0.4, 0.5) is 4.39 Å². The van der Waals surface area contributed by atoms with Crippen LogP contribution in [0.2, 0.25) is 0 Å². The number of nitrogens with zero attached hydrogens (tertiary/aromatic N) is 2. The highest BCUT2D eigenvalue weighted by Crippen LogP contribution is 2.05. The van der Waals surface area contributed by atoms with E-state index in [-0.39, 0.29) is 42.2 Å². The van der Waals surface area contributed by atoms with Crippen LogP contribution in [0.5, 0.6) is 0 Å². The van der Waals surface area contributed by atoms with Gasteiger partial charge >= 0.3 is 0 Å². The van der Waals surface area contributed by atoms with Crippen molar-refractivity contribution in [3.63, 3.8) is 0 Å². The third kappa shape index (κ3) is 7.58. The van der Waals surface area contributed by atoms with Gasteiger partial charge in [0.2, 0.25) is 5.91 Å². The van der Waals surface area contributed by atoms with Crippen LogP contribution in [0, 0.1) is 5.82 Å². The van der Waals surface area contributed by atoms with Gasteiger partial charge in [-0.2, -0.15) is 0 Å². The molecule has 0 fully saturated rings. The second kappa shape index (κ2) is 11.2. The van der Waals surface area contributed by atoms with Crippen molar-refractivity contribution in [2.45, 2.75) is 13.3 Å². The zero-order chi connectivity index (χ0) is 15.7. The fourth-order valence-corrected chi connectivity index (χ4v) is 1.65. The van der Waals surface area contributed by atoms with Gasteiger partial charge in [-0.05, 0) is 25.0 Å². The van der Waals surface area contributed by atoms with Crippen molar-refractivity contribution in [1.82, 2.24) is 15.5 Å². The molecule has 0 saturated heterocycles. The number of aliphatic imine (C=N–C) groups is 1. The summed E-state index contributed by atoms with van der Waals surface area (Å²) in [4.78, 5) is 17.2. The van der Waals surface area contributed by atoms with Crippen LogP contribution < -0.4 is 10.6 Å². The molecule has 0 spiro atoms. The number of likely N-dealkylation sites (N-methyl/N-ethyl adjacent to an activating group) is 1. The molecule has 0 atom stereocenters. The van der Waals surface area contributed by atoms with Crippen LogP contribution in [0.3, 0.4) is 0 Å². The van der Waals surface area contributed by atoms with Crippen molar-refractivity contribution in [2.75, 3.05) is 33.7 Å². The van der Waals surface area contributed by atoms with Crippen LogP contribution in [0.1, 0.15) is 12.5 Å². The van der Waals surface area contributed by atoms with Crippen molar-refractivity contribution in [2.24, 2.45) is 4.99 Å². The summed E-state index contributed by atoms with van der Waals surface area (Å²) >= 11 is 0. The molecular formula is C15H24FIN4O. The van der Waals surface area contributed by atoms with E-state index >= 15 is 0 Å². The average Bonchev–Trinajstić information content (AvgIpc) is 2.46. The Bertz CT molecular complexity index is 494. The number of amides is 1.